The average Bonchev–Trinajstić information content (AvgIpc) is 3.11. The molecule has 44 heavy (non-hydrogen) atoms. The van der Waals surface area contributed by atoms with Crippen molar-refractivity contribution in [2.45, 2.75) is 12.8 Å². The fourth-order valence-corrected chi connectivity index (χ4v) is 5.98. The molecule has 0 bridgehead atoms. The molecule has 1 aliphatic rings. The van der Waals surface area contributed by atoms with E-state index in [1.54, 1.807) is 7.05 Å². The van der Waals surface area contributed by atoms with Crippen LogP contribution in [-0.2, 0) is 6.42 Å². The van der Waals surface area contributed by atoms with Crippen molar-refractivity contribution in [2.24, 2.45) is 0 Å². The lowest BCUT2D eigenvalue weighted by atomic mass is 9.82. The number of hydrogen-bond donors (Lipinski definition) is 2. The van der Waals surface area contributed by atoms with Gasteiger partial charge in [0.05, 0.1) is 11.4 Å². The summed E-state index contributed by atoms with van der Waals surface area (Å²) in [6, 6.07) is 46.2. The van der Waals surface area contributed by atoms with Crippen LogP contribution in [0.5, 0.6) is 0 Å². The van der Waals surface area contributed by atoms with Crippen LogP contribution in [0.25, 0.3) is 50.6 Å². The first kappa shape index (κ1) is 27.2. The first-order valence-electron chi connectivity index (χ1n) is 15.0. The summed E-state index contributed by atoms with van der Waals surface area (Å²) in [5.41, 5.74) is 13.2. The molecule has 0 aliphatic heterocycles. The molecule has 4 heteroatoms. The number of allylic oxidation sites excluding steroid dienone is 1. The molecule has 0 spiro atoms. The Balaban J connectivity index is 1.28. The van der Waals surface area contributed by atoms with E-state index in [2.05, 4.69) is 96.3 Å². The molecule has 0 amide bonds. The van der Waals surface area contributed by atoms with Crippen LogP contribution < -0.4 is 5.32 Å². The van der Waals surface area contributed by atoms with Crippen molar-refractivity contribution >= 4 is 11.4 Å². The summed E-state index contributed by atoms with van der Waals surface area (Å²) in [6.07, 6.45) is 4.39. The highest BCUT2D eigenvalue weighted by atomic mass is 14.9. The van der Waals surface area contributed by atoms with Gasteiger partial charge in [0.2, 0.25) is 0 Å². The van der Waals surface area contributed by atoms with Crippen molar-refractivity contribution in [2.75, 3.05) is 7.05 Å². The Bertz CT molecular complexity index is 1930. The van der Waals surface area contributed by atoms with Gasteiger partial charge >= 0.3 is 0 Å². The number of hydrogen-bond acceptors (Lipinski definition) is 3. The minimum atomic E-state index is 0.415. The molecule has 212 valence electrons. The smallest absolute Gasteiger partial charge is 0.160 e. The zero-order valence-corrected chi connectivity index (χ0v) is 24.6. The first-order chi connectivity index (χ1) is 21.7. The van der Waals surface area contributed by atoms with E-state index in [9.17, 15) is 0 Å². The Labute approximate surface area is 258 Å². The molecular formula is C40H32N4. The average molecular weight is 569 g/mol. The van der Waals surface area contributed by atoms with Crippen molar-refractivity contribution < 1.29 is 0 Å². The normalized spacial score (nSPS) is 12.2. The molecule has 0 atom stereocenters. The van der Waals surface area contributed by atoms with Crippen LogP contribution in [0.3, 0.4) is 0 Å². The zero-order chi connectivity index (χ0) is 29.9. The molecule has 1 heterocycles. The third-order valence-electron chi connectivity index (χ3n) is 8.21. The molecule has 0 radical (unpaired) electrons. The van der Waals surface area contributed by atoms with Crippen molar-refractivity contribution in [1.29, 1.82) is 5.41 Å². The lowest BCUT2D eigenvalue weighted by molar-refractivity contribution is 0.978. The summed E-state index contributed by atoms with van der Waals surface area (Å²) < 4.78 is 0. The van der Waals surface area contributed by atoms with Crippen LogP contribution in [0.2, 0.25) is 0 Å². The first-order valence-corrected chi connectivity index (χ1v) is 15.0. The molecular weight excluding hydrogens is 536 g/mol. The van der Waals surface area contributed by atoms with Crippen molar-refractivity contribution in [3.8, 4) is 45.0 Å². The minimum absolute atomic E-state index is 0.415. The van der Waals surface area contributed by atoms with Crippen LogP contribution in [0.1, 0.15) is 28.7 Å². The summed E-state index contributed by atoms with van der Waals surface area (Å²) >= 11 is 0. The SMILES string of the molecule is CNC(=N)c1cccc(-c2cccc3c2C(c2ccc(-c4cc(-c5ccccc5)nc(-c5ccccc5)n4)cc2)=CCC3)c1. The second kappa shape index (κ2) is 11.9. The zero-order valence-electron chi connectivity index (χ0n) is 24.6. The van der Waals surface area contributed by atoms with Gasteiger partial charge < -0.3 is 5.32 Å². The molecule has 7 rings (SSSR count). The monoisotopic (exact) mass is 568 g/mol. The lowest BCUT2D eigenvalue weighted by Gasteiger charge is -2.22. The predicted molar refractivity (Wildman–Crippen MR) is 182 cm³/mol. The van der Waals surface area contributed by atoms with E-state index in [0.717, 1.165) is 52.0 Å². The summed E-state index contributed by atoms with van der Waals surface area (Å²) in [5.74, 6) is 1.13. The number of nitrogens with one attached hydrogen (secondary N) is 2. The highest BCUT2D eigenvalue weighted by Gasteiger charge is 2.20. The van der Waals surface area contributed by atoms with Crippen molar-refractivity contribution in [1.82, 2.24) is 15.3 Å². The number of aryl methyl sites for hydroxylation is 1. The van der Waals surface area contributed by atoms with Gasteiger partial charge in [0.1, 0.15) is 5.84 Å². The van der Waals surface area contributed by atoms with Crippen LogP contribution in [-0.4, -0.2) is 22.9 Å². The van der Waals surface area contributed by atoms with E-state index >= 15 is 0 Å². The number of amidine groups is 1. The van der Waals surface area contributed by atoms with Gasteiger partial charge in [-0.1, -0.05) is 127 Å². The van der Waals surface area contributed by atoms with E-state index in [1.165, 1.54) is 27.8 Å². The Morgan fingerprint density at radius 1 is 0.614 bits per heavy atom. The fourth-order valence-electron chi connectivity index (χ4n) is 5.98. The van der Waals surface area contributed by atoms with Crippen molar-refractivity contribution in [3.05, 3.63) is 162 Å². The maximum Gasteiger partial charge on any atom is 0.160 e. The summed E-state index contributed by atoms with van der Waals surface area (Å²) in [7, 11) is 1.79. The van der Waals surface area contributed by atoms with Gasteiger partial charge in [-0.3, -0.25) is 5.41 Å². The molecule has 2 N–H and O–H groups in total. The summed E-state index contributed by atoms with van der Waals surface area (Å²) in [4.78, 5) is 9.95. The van der Waals surface area contributed by atoms with Gasteiger partial charge in [0.25, 0.3) is 0 Å². The van der Waals surface area contributed by atoms with E-state index in [4.69, 9.17) is 15.4 Å². The molecule has 0 saturated carbocycles. The van der Waals surface area contributed by atoms with Gasteiger partial charge in [-0.15, -0.1) is 0 Å². The van der Waals surface area contributed by atoms with E-state index in [0.29, 0.717) is 11.7 Å². The highest BCUT2D eigenvalue weighted by Crippen LogP contribution is 2.39. The molecule has 5 aromatic carbocycles. The Morgan fingerprint density at radius 3 is 1.93 bits per heavy atom. The topological polar surface area (TPSA) is 61.7 Å². The maximum atomic E-state index is 8.28. The number of benzene rings is 5. The standard InChI is InChI=1S/C40H32N4/c1-42-39(41)33-18-8-17-32(25-33)35-20-10-16-30-15-9-19-34(38(30)35)27-21-23-29(24-22-27)37-26-36(28-11-4-2-5-12-28)43-40(44-37)31-13-6-3-7-14-31/h2-8,10-14,16-26H,9,15H2,1H3,(H2,41,42). The van der Waals surface area contributed by atoms with Gasteiger partial charge in [-0.05, 0) is 58.4 Å². The second-order valence-corrected chi connectivity index (χ2v) is 11.0. The van der Waals surface area contributed by atoms with E-state index < -0.39 is 0 Å². The number of aromatic nitrogens is 2. The van der Waals surface area contributed by atoms with Crippen LogP contribution in [0.4, 0.5) is 0 Å². The number of nitrogens with zero attached hydrogens (tertiary/aromatic N) is 2. The molecule has 0 unspecified atom stereocenters. The molecule has 1 aromatic heterocycles. The second-order valence-electron chi connectivity index (χ2n) is 11.0. The van der Waals surface area contributed by atoms with Crippen LogP contribution in [0, 0.1) is 5.41 Å². The molecule has 6 aromatic rings. The third-order valence-corrected chi connectivity index (χ3v) is 8.21. The highest BCUT2D eigenvalue weighted by molar-refractivity contribution is 5.98. The summed E-state index contributed by atoms with van der Waals surface area (Å²) in [6.45, 7) is 0. The molecule has 0 saturated heterocycles. The van der Waals surface area contributed by atoms with Gasteiger partial charge in [0, 0.05) is 29.3 Å². The largest absolute Gasteiger partial charge is 0.373 e. The Hall–Kier alpha value is -5.61. The van der Waals surface area contributed by atoms with Gasteiger partial charge in [-0.2, -0.15) is 0 Å². The predicted octanol–water partition coefficient (Wildman–Crippen LogP) is 9.07. The number of fused-ring (bicyclic) bond motifs is 1. The maximum absolute atomic E-state index is 8.28. The van der Waals surface area contributed by atoms with Crippen molar-refractivity contribution in [3.63, 3.8) is 0 Å². The molecule has 4 nitrogen and oxygen atoms in total. The quantitative estimate of drug-likeness (QED) is 0.156. The minimum Gasteiger partial charge on any atom is -0.373 e. The van der Waals surface area contributed by atoms with E-state index in [1.807, 2.05) is 48.5 Å². The van der Waals surface area contributed by atoms with Gasteiger partial charge in [-0.25, -0.2) is 9.97 Å². The van der Waals surface area contributed by atoms with Gasteiger partial charge in [0.15, 0.2) is 5.82 Å². The van der Waals surface area contributed by atoms with Crippen LogP contribution >= 0.6 is 0 Å². The third kappa shape index (κ3) is 5.34. The summed E-state index contributed by atoms with van der Waals surface area (Å²) in [5, 5.41) is 11.2. The molecule has 1 aliphatic carbocycles. The van der Waals surface area contributed by atoms with Crippen LogP contribution in [0.15, 0.2) is 140 Å². The lowest BCUT2D eigenvalue weighted by Crippen LogP contribution is -2.17. The Morgan fingerprint density at radius 2 is 1.23 bits per heavy atom. The number of rotatable bonds is 6. The fraction of sp³-hybridized carbons (Fsp3) is 0.0750. The van der Waals surface area contributed by atoms with E-state index in [-0.39, 0.29) is 0 Å². The Kier molecular flexibility index (Phi) is 7.39. The molecule has 0 fully saturated rings.